The monoisotopic (exact) mass is 465 g/mol. The van der Waals surface area contributed by atoms with E-state index in [0.717, 1.165) is 49.6 Å². The Hall–Kier alpha value is -2.93. The van der Waals surface area contributed by atoms with E-state index in [4.69, 9.17) is 10.5 Å². The van der Waals surface area contributed by atoms with Crippen molar-refractivity contribution in [3.63, 3.8) is 0 Å². The van der Waals surface area contributed by atoms with Crippen LogP contribution in [0.25, 0.3) is 10.9 Å². The van der Waals surface area contributed by atoms with Crippen LogP contribution in [-0.2, 0) is 19.3 Å². The summed E-state index contributed by atoms with van der Waals surface area (Å²) in [5, 5.41) is 0.992. The van der Waals surface area contributed by atoms with E-state index in [0.29, 0.717) is 36.1 Å². The summed E-state index contributed by atoms with van der Waals surface area (Å²) in [7, 11) is 0. The normalized spacial score (nSPS) is 22.2. The van der Waals surface area contributed by atoms with Gasteiger partial charge in [0.1, 0.15) is 12.4 Å². The van der Waals surface area contributed by atoms with E-state index in [-0.39, 0.29) is 17.6 Å². The minimum atomic E-state index is -0.554. The predicted molar refractivity (Wildman–Crippen MR) is 126 cm³/mol. The Morgan fingerprint density at radius 1 is 1.09 bits per heavy atom. The minimum Gasteiger partial charge on any atom is -0.489 e. The number of carbonyl (C=O) groups excluding carboxylic acids is 1. The number of carbonyl (C=O) groups is 1. The molecule has 3 aromatic rings. The van der Waals surface area contributed by atoms with Crippen LogP contribution >= 0.6 is 0 Å². The lowest BCUT2D eigenvalue weighted by Gasteiger charge is -2.46. The predicted octanol–water partition coefficient (Wildman–Crippen LogP) is 4.51. The molecule has 0 saturated heterocycles. The Morgan fingerprint density at radius 3 is 2.71 bits per heavy atom. The summed E-state index contributed by atoms with van der Waals surface area (Å²) < 4.78 is 34.2. The van der Waals surface area contributed by atoms with Crippen LogP contribution in [0.2, 0.25) is 0 Å². The zero-order valence-electron chi connectivity index (χ0n) is 19.1. The number of amides is 1. The summed E-state index contributed by atoms with van der Waals surface area (Å²) in [6.07, 6.45) is 6.98. The molecule has 6 rings (SSSR count). The third-order valence-corrected chi connectivity index (χ3v) is 8.07. The lowest BCUT2D eigenvalue weighted by atomic mass is 9.83. The van der Waals surface area contributed by atoms with Gasteiger partial charge in [-0.1, -0.05) is 6.42 Å². The Morgan fingerprint density at radius 2 is 1.94 bits per heavy atom. The number of fused-ring (bicyclic) bond motifs is 4. The van der Waals surface area contributed by atoms with Gasteiger partial charge in [-0.25, -0.2) is 8.78 Å². The number of nitrogens with two attached hydrogens (primary N) is 1. The third-order valence-electron chi connectivity index (χ3n) is 8.07. The Bertz CT molecular complexity index is 1270. The summed E-state index contributed by atoms with van der Waals surface area (Å²) >= 11 is 0. The molecule has 1 aromatic heterocycles. The second-order valence-corrected chi connectivity index (χ2v) is 10.1. The van der Waals surface area contributed by atoms with Crippen molar-refractivity contribution in [2.24, 2.45) is 11.7 Å². The van der Waals surface area contributed by atoms with Gasteiger partial charge in [0.15, 0.2) is 11.6 Å². The molecule has 34 heavy (non-hydrogen) atoms. The second-order valence-electron chi connectivity index (χ2n) is 10.1. The number of primary amides is 1. The number of H-pyrrole nitrogens is 1. The number of ether oxygens (including phenoxy) is 1. The molecule has 5 nitrogen and oxygen atoms in total. The number of rotatable bonds is 5. The van der Waals surface area contributed by atoms with E-state index in [2.05, 4.69) is 9.88 Å². The van der Waals surface area contributed by atoms with Crippen LogP contribution in [-0.4, -0.2) is 41.0 Å². The summed E-state index contributed by atoms with van der Waals surface area (Å²) in [6, 6.07) is 8.24. The first-order valence-corrected chi connectivity index (χ1v) is 12.3. The fourth-order valence-electron chi connectivity index (χ4n) is 6.11. The Labute approximate surface area is 197 Å². The van der Waals surface area contributed by atoms with Gasteiger partial charge < -0.3 is 15.5 Å². The maximum absolute atomic E-state index is 14.4. The molecule has 3 N–H and O–H groups in total. The first kappa shape index (κ1) is 21.6. The van der Waals surface area contributed by atoms with Gasteiger partial charge in [0.2, 0.25) is 5.91 Å². The van der Waals surface area contributed by atoms with Crippen LogP contribution in [0.1, 0.15) is 52.9 Å². The van der Waals surface area contributed by atoms with Crippen molar-refractivity contribution >= 4 is 16.8 Å². The Kier molecular flexibility index (Phi) is 5.32. The van der Waals surface area contributed by atoms with E-state index < -0.39 is 11.7 Å². The molecule has 1 fully saturated rings. The number of benzene rings is 2. The molecule has 178 valence electrons. The van der Waals surface area contributed by atoms with Gasteiger partial charge in [0.05, 0.1) is 0 Å². The largest absolute Gasteiger partial charge is 0.489 e. The number of hydrogen-bond donors (Lipinski definition) is 2. The number of halogens is 2. The number of aryl methyl sites for hydroxylation is 1. The highest BCUT2D eigenvalue weighted by Crippen LogP contribution is 2.38. The van der Waals surface area contributed by atoms with Crippen LogP contribution in [0.5, 0.6) is 5.75 Å². The molecule has 3 aliphatic rings. The fourth-order valence-corrected chi connectivity index (χ4v) is 6.11. The lowest BCUT2D eigenvalue weighted by Crippen LogP contribution is -2.53. The highest BCUT2D eigenvalue weighted by Gasteiger charge is 2.37. The Balaban J connectivity index is 1.26. The highest BCUT2D eigenvalue weighted by atomic mass is 19.1. The van der Waals surface area contributed by atoms with E-state index in [9.17, 15) is 13.6 Å². The smallest absolute Gasteiger partial charge is 0.249 e. The first-order chi connectivity index (χ1) is 16.5. The number of nitrogens with one attached hydrogen (secondary N) is 1. The third kappa shape index (κ3) is 3.66. The SMILES string of the molecule is NC(=O)c1ccc(F)c2c1C[C@H](N(C[C@H]1CCc3[nH]c4ccc(F)cc4c3C1)C1CCC1)CO2. The second kappa shape index (κ2) is 8.38. The van der Waals surface area contributed by atoms with Gasteiger partial charge in [-0.15, -0.1) is 0 Å². The zero-order valence-corrected chi connectivity index (χ0v) is 19.1. The van der Waals surface area contributed by atoms with Gasteiger partial charge >= 0.3 is 0 Å². The van der Waals surface area contributed by atoms with Gasteiger partial charge in [-0.2, -0.15) is 0 Å². The molecule has 0 radical (unpaired) electrons. The molecule has 2 heterocycles. The molecular weight excluding hydrogens is 436 g/mol. The topological polar surface area (TPSA) is 71.4 Å². The number of aromatic nitrogens is 1. The zero-order chi connectivity index (χ0) is 23.4. The van der Waals surface area contributed by atoms with Crippen LogP contribution in [0.3, 0.4) is 0 Å². The van der Waals surface area contributed by atoms with Gasteiger partial charge in [0.25, 0.3) is 0 Å². The summed E-state index contributed by atoms with van der Waals surface area (Å²) in [5.74, 6) is -0.589. The minimum absolute atomic E-state index is 0.0690. The average molecular weight is 466 g/mol. The van der Waals surface area contributed by atoms with Crippen molar-refractivity contribution in [2.45, 2.75) is 57.0 Å². The van der Waals surface area contributed by atoms with Crippen LogP contribution in [0.15, 0.2) is 30.3 Å². The molecule has 1 aliphatic heterocycles. The maximum atomic E-state index is 14.4. The highest BCUT2D eigenvalue weighted by molar-refractivity contribution is 5.95. The lowest BCUT2D eigenvalue weighted by molar-refractivity contribution is 0.0283. The van der Waals surface area contributed by atoms with E-state index in [1.807, 2.05) is 6.07 Å². The van der Waals surface area contributed by atoms with Crippen LogP contribution < -0.4 is 10.5 Å². The number of aromatic amines is 1. The summed E-state index contributed by atoms with van der Waals surface area (Å²) in [6.45, 7) is 1.32. The van der Waals surface area contributed by atoms with Crippen molar-refractivity contribution in [2.75, 3.05) is 13.2 Å². The summed E-state index contributed by atoms with van der Waals surface area (Å²) in [4.78, 5) is 18.0. The molecule has 7 heteroatoms. The van der Waals surface area contributed by atoms with Crippen LogP contribution in [0, 0.1) is 17.6 Å². The molecule has 2 atom stereocenters. The first-order valence-electron chi connectivity index (χ1n) is 12.3. The van der Waals surface area contributed by atoms with Crippen molar-refractivity contribution < 1.29 is 18.3 Å². The molecule has 2 aromatic carbocycles. The van der Waals surface area contributed by atoms with E-state index in [1.54, 1.807) is 6.07 Å². The fraction of sp³-hybridized carbons (Fsp3) is 0.444. The molecule has 0 bridgehead atoms. The number of hydrogen-bond acceptors (Lipinski definition) is 3. The van der Waals surface area contributed by atoms with Gasteiger partial charge in [0, 0.05) is 46.4 Å². The van der Waals surface area contributed by atoms with Crippen molar-refractivity contribution in [1.29, 1.82) is 0 Å². The summed E-state index contributed by atoms with van der Waals surface area (Å²) in [5.41, 5.74) is 9.99. The number of nitrogens with zero attached hydrogens (tertiary/aromatic N) is 1. The quantitative estimate of drug-likeness (QED) is 0.583. The molecule has 0 unspecified atom stereocenters. The van der Waals surface area contributed by atoms with E-state index in [1.165, 1.54) is 35.9 Å². The molecule has 1 amide bonds. The van der Waals surface area contributed by atoms with Crippen molar-refractivity contribution in [1.82, 2.24) is 9.88 Å². The standard InChI is InChI=1S/C27H29F2N3O2/c28-16-5-9-25-21(11-16)20-10-15(4-8-24(20)31-25)13-32(17-2-1-3-17)18-12-22-19(27(30)33)6-7-23(29)26(22)34-14-18/h5-7,9,11,15,17-18,31H,1-4,8,10,12-14H2,(H2,30,33)/t15-,18-/m0/s1. The molecule has 2 aliphatic carbocycles. The molecule has 0 spiro atoms. The van der Waals surface area contributed by atoms with Crippen LogP contribution in [0.4, 0.5) is 8.78 Å². The van der Waals surface area contributed by atoms with Crippen molar-refractivity contribution in [3.8, 4) is 5.75 Å². The average Bonchev–Trinajstić information content (AvgIpc) is 3.14. The maximum Gasteiger partial charge on any atom is 0.249 e. The molecule has 1 saturated carbocycles. The van der Waals surface area contributed by atoms with Gasteiger partial charge in [-0.3, -0.25) is 9.69 Å². The van der Waals surface area contributed by atoms with E-state index >= 15 is 0 Å². The van der Waals surface area contributed by atoms with Crippen molar-refractivity contribution in [3.05, 3.63) is 64.4 Å². The molecular formula is C27H29F2N3O2. The van der Waals surface area contributed by atoms with Gasteiger partial charge in [-0.05, 0) is 80.3 Å².